The Hall–Kier alpha value is -3.26. The van der Waals surface area contributed by atoms with Gasteiger partial charge in [0.2, 0.25) is 0 Å². The van der Waals surface area contributed by atoms with E-state index >= 15 is 0 Å². The number of nitrogens with one attached hydrogen (secondary N) is 1. The number of nitrogens with zero attached hydrogens (tertiary/aromatic N) is 5. The molecular weight excluding hydrogens is 407 g/mol. The summed E-state index contributed by atoms with van der Waals surface area (Å²) in [7, 11) is 0. The van der Waals surface area contributed by atoms with E-state index in [-0.39, 0.29) is 22.3 Å². The molecular formula is C24H23FN6O. The zero-order chi connectivity index (χ0) is 21.7. The molecule has 3 aliphatic rings. The lowest BCUT2D eigenvalue weighted by Gasteiger charge is -2.41. The summed E-state index contributed by atoms with van der Waals surface area (Å²) in [6, 6.07) is 6.80. The van der Waals surface area contributed by atoms with Crippen LogP contribution in [0.5, 0.6) is 0 Å². The van der Waals surface area contributed by atoms with Crippen LogP contribution in [0.1, 0.15) is 31.4 Å². The largest absolute Gasteiger partial charge is 0.367 e. The highest BCUT2D eigenvalue weighted by Crippen LogP contribution is 2.49. The van der Waals surface area contributed by atoms with Gasteiger partial charge < -0.3 is 14.6 Å². The molecule has 5 heterocycles. The van der Waals surface area contributed by atoms with E-state index in [1.54, 1.807) is 21.2 Å². The first kappa shape index (κ1) is 18.3. The Bertz CT molecular complexity index is 1460. The van der Waals surface area contributed by atoms with E-state index in [1.807, 2.05) is 25.3 Å². The van der Waals surface area contributed by atoms with Gasteiger partial charge in [-0.1, -0.05) is 0 Å². The summed E-state index contributed by atoms with van der Waals surface area (Å²) in [5, 5.41) is 3.89. The molecule has 1 N–H and O–H groups in total. The molecule has 2 spiro atoms. The van der Waals surface area contributed by atoms with Crippen molar-refractivity contribution in [2.45, 2.75) is 43.7 Å². The summed E-state index contributed by atoms with van der Waals surface area (Å²) in [5.74, 6) is -0.435. The van der Waals surface area contributed by atoms with Crippen molar-refractivity contribution in [1.82, 2.24) is 24.1 Å². The molecule has 0 atom stereocenters. The standard InChI is InChI=1S/C24H23FN6O/c1-15-10-29-11-16(8-18(25)22(29)26-15)19-9-21(32)31-12-17(2-3-20(31)27-19)30-13-23(4-5-23)28-24(14-30)6-7-24/h2-3,8-12,28H,4-7,13-14H2,1H3. The second-order valence-corrected chi connectivity index (χ2v) is 9.83. The summed E-state index contributed by atoms with van der Waals surface area (Å²) < 4.78 is 17.8. The van der Waals surface area contributed by atoms with E-state index in [4.69, 9.17) is 0 Å². The summed E-state index contributed by atoms with van der Waals surface area (Å²) in [6.45, 7) is 3.77. The molecule has 4 aromatic rings. The van der Waals surface area contributed by atoms with Crippen molar-refractivity contribution in [3.05, 3.63) is 64.7 Å². The van der Waals surface area contributed by atoms with Gasteiger partial charge in [0, 0.05) is 54.4 Å². The van der Waals surface area contributed by atoms with E-state index in [9.17, 15) is 9.18 Å². The van der Waals surface area contributed by atoms with Crippen LogP contribution in [-0.4, -0.2) is 42.9 Å². The van der Waals surface area contributed by atoms with Crippen molar-refractivity contribution in [2.24, 2.45) is 0 Å². The number of hydrogen-bond acceptors (Lipinski definition) is 5. The number of fused-ring (bicyclic) bond motifs is 2. The van der Waals surface area contributed by atoms with Crippen LogP contribution in [0.25, 0.3) is 22.6 Å². The van der Waals surface area contributed by atoms with E-state index < -0.39 is 5.82 Å². The van der Waals surface area contributed by atoms with E-state index in [0.717, 1.165) is 24.5 Å². The average molecular weight is 430 g/mol. The maximum atomic E-state index is 14.5. The lowest BCUT2D eigenvalue weighted by Crippen LogP contribution is -2.60. The van der Waals surface area contributed by atoms with Crippen molar-refractivity contribution in [1.29, 1.82) is 0 Å². The molecule has 0 radical (unpaired) electrons. The molecule has 1 aliphatic heterocycles. The molecule has 162 valence electrons. The van der Waals surface area contributed by atoms with Gasteiger partial charge in [-0.2, -0.15) is 0 Å². The molecule has 2 aliphatic carbocycles. The third kappa shape index (κ3) is 2.79. The smallest absolute Gasteiger partial charge is 0.258 e. The Morgan fingerprint density at radius 3 is 2.47 bits per heavy atom. The van der Waals surface area contributed by atoms with Crippen LogP contribution in [0.3, 0.4) is 0 Å². The Kier molecular flexibility index (Phi) is 3.41. The fourth-order valence-electron chi connectivity index (χ4n) is 5.22. The zero-order valence-electron chi connectivity index (χ0n) is 17.8. The molecule has 1 saturated heterocycles. The number of hydrogen-bond donors (Lipinski definition) is 1. The number of piperazine rings is 1. The number of aromatic nitrogens is 4. The molecule has 2 saturated carbocycles. The number of pyridine rings is 2. The van der Waals surface area contributed by atoms with Crippen molar-refractivity contribution in [2.75, 3.05) is 18.0 Å². The second kappa shape index (κ2) is 5.95. The number of imidazole rings is 1. The van der Waals surface area contributed by atoms with Crippen molar-refractivity contribution < 1.29 is 4.39 Å². The second-order valence-electron chi connectivity index (χ2n) is 9.83. The SMILES string of the molecule is Cc1cn2cc(-c3cc(=O)n4cc(N5CC6(CC6)NC6(CC6)C5)ccc4n3)cc(F)c2n1. The molecule has 4 aromatic heterocycles. The minimum absolute atomic E-state index is 0.174. The molecule has 7 rings (SSSR count). The summed E-state index contributed by atoms with van der Waals surface area (Å²) in [6.07, 6.45) is 10.3. The maximum Gasteiger partial charge on any atom is 0.258 e. The van der Waals surface area contributed by atoms with Crippen LogP contribution in [0.4, 0.5) is 10.1 Å². The molecule has 0 aromatic carbocycles. The highest BCUT2D eigenvalue weighted by molar-refractivity contribution is 5.64. The van der Waals surface area contributed by atoms with Gasteiger partial charge in [-0.15, -0.1) is 0 Å². The van der Waals surface area contributed by atoms with Crippen molar-refractivity contribution in [3.8, 4) is 11.3 Å². The van der Waals surface area contributed by atoms with E-state index in [2.05, 4.69) is 20.2 Å². The number of aryl methyl sites for hydroxylation is 1. The van der Waals surface area contributed by atoms with E-state index in [1.165, 1.54) is 37.8 Å². The molecule has 32 heavy (non-hydrogen) atoms. The Morgan fingerprint density at radius 2 is 1.75 bits per heavy atom. The monoisotopic (exact) mass is 430 g/mol. The first-order valence-electron chi connectivity index (χ1n) is 11.1. The average Bonchev–Trinajstić information content (AvgIpc) is 3.66. The molecule has 0 unspecified atom stereocenters. The van der Waals surface area contributed by atoms with Crippen LogP contribution >= 0.6 is 0 Å². The predicted octanol–water partition coefficient (Wildman–Crippen LogP) is 2.93. The van der Waals surface area contributed by atoms with Gasteiger partial charge in [-0.05, 0) is 50.8 Å². The molecule has 7 nitrogen and oxygen atoms in total. The predicted molar refractivity (Wildman–Crippen MR) is 120 cm³/mol. The summed E-state index contributed by atoms with van der Waals surface area (Å²) in [4.78, 5) is 24.3. The third-order valence-electron chi connectivity index (χ3n) is 7.16. The maximum absolute atomic E-state index is 14.5. The van der Waals surface area contributed by atoms with Crippen molar-refractivity contribution in [3.63, 3.8) is 0 Å². The first-order valence-corrected chi connectivity index (χ1v) is 11.1. The van der Waals surface area contributed by atoms with Gasteiger partial charge in [0.1, 0.15) is 5.65 Å². The van der Waals surface area contributed by atoms with Crippen LogP contribution in [-0.2, 0) is 0 Å². The normalized spacial score (nSPS) is 20.5. The van der Waals surface area contributed by atoms with Crippen LogP contribution in [0.2, 0.25) is 0 Å². The third-order valence-corrected chi connectivity index (χ3v) is 7.16. The van der Waals surface area contributed by atoms with Crippen LogP contribution in [0, 0.1) is 12.7 Å². The molecule has 0 bridgehead atoms. The van der Waals surface area contributed by atoms with E-state index in [0.29, 0.717) is 16.9 Å². The van der Waals surface area contributed by atoms with Gasteiger partial charge in [-0.25, -0.2) is 14.4 Å². The van der Waals surface area contributed by atoms with Gasteiger partial charge in [0.25, 0.3) is 5.56 Å². The fraction of sp³-hybridized carbons (Fsp3) is 0.375. The highest BCUT2D eigenvalue weighted by Gasteiger charge is 2.58. The first-order chi connectivity index (χ1) is 15.4. The quantitative estimate of drug-likeness (QED) is 0.530. The minimum Gasteiger partial charge on any atom is -0.367 e. The number of anilines is 1. The Labute approximate surface area is 183 Å². The number of rotatable bonds is 2. The molecule has 8 heteroatoms. The van der Waals surface area contributed by atoms with Crippen molar-refractivity contribution >= 4 is 17.0 Å². The van der Waals surface area contributed by atoms with Crippen LogP contribution in [0.15, 0.2) is 47.7 Å². The minimum atomic E-state index is -0.435. The Balaban J connectivity index is 1.29. The molecule has 3 fully saturated rings. The van der Waals surface area contributed by atoms with Gasteiger partial charge in [0.15, 0.2) is 11.5 Å². The number of halogens is 1. The summed E-state index contributed by atoms with van der Waals surface area (Å²) in [5.41, 5.74) is 3.93. The summed E-state index contributed by atoms with van der Waals surface area (Å²) >= 11 is 0. The zero-order valence-corrected chi connectivity index (χ0v) is 17.8. The van der Waals surface area contributed by atoms with Crippen LogP contribution < -0.4 is 15.8 Å². The Morgan fingerprint density at radius 1 is 1.00 bits per heavy atom. The van der Waals surface area contributed by atoms with Gasteiger partial charge in [-0.3, -0.25) is 9.20 Å². The lowest BCUT2D eigenvalue weighted by molar-refractivity contribution is 0.340. The highest BCUT2D eigenvalue weighted by atomic mass is 19.1. The molecule has 0 amide bonds. The van der Waals surface area contributed by atoms with Gasteiger partial charge >= 0.3 is 0 Å². The topological polar surface area (TPSA) is 66.9 Å². The fourth-order valence-corrected chi connectivity index (χ4v) is 5.22. The van der Waals surface area contributed by atoms with Gasteiger partial charge in [0.05, 0.1) is 17.1 Å². The lowest BCUT2D eigenvalue weighted by atomic mass is 10.1.